The molecule has 3 saturated heterocycles. The van der Waals surface area contributed by atoms with Gasteiger partial charge in [0.1, 0.15) is 90.0 Å². The van der Waals surface area contributed by atoms with Crippen molar-refractivity contribution in [1.29, 1.82) is 0 Å². The number of aromatic nitrogens is 1. The van der Waals surface area contributed by atoms with E-state index in [4.69, 9.17) is 11.5 Å². The number of carboxylic acid groups (broad SMARTS) is 2. The van der Waals surface area contributed by atoms with Crippen molar-refractivity contribution >= 4 is 123 Å². The van der Waals surface area contributed by atoms with Gasteiger partial charge in [0.15, 0.2) is 17.5 Å². The van der Waals surface area contributed by atoms with E-state index in [0.29, 0.717) is 69.9 Å². The Labute approximate surface area is 774 Å². The number of nitrogens with two attached hydrogens (primary N) is 2. The number of thioether (sulfide) groups is 1. The fourth-order valence-corrected chi connectivity index (χ4v) is 17.2. The van der Waals surface area contributed by atoms with Gasteiger partial charge in [-0.1, -0.05) is 106 Å². The third-order valence-corrected chi connectivity index (χ3v) is 24.8. The second kappa shape index (κ2) is 49.2. The van der Waals surface area contributed by atoms with Crippen molar-refractivity contribution in [2.75, 3.05) is 58.8 Å². The Hall–Kier alpha value is -13.7. The summed E-state index contributed by atoms with van der Waals surface area (Å²) < 4.78 is 45.1. The second-order valence-corrected chi connectivity index (χ2v) is 34.9. The molecule has 6 aromatic rings. The van der Waals surface area contributed by atoms with Crippen LogP contribution in [0.4, 0.5) is 13.2 Å². The molecule has 13 atom stereocenters. The summed E-state index contributed by atoms with van der Waals surface area (Å²) in [4.78, 5) is 258. The Balaban J connectivity index is 1.14. The fraction of sp³-hybridized carbons (Fsp3) is 0.467. The van der Waals surface area contributed by atoms with Crippen molar-refractivity contribution in [2.45, 2.75) is 208 Å². The number of unbranched alkanes of at least 4 members (excludes halogenated alkanes) is 1. The van der Waals surface area contributed by atoms with E-state index >= 15 is 51.9 Å². The molecule has 5 aromatic carbocycles. The molecule has 15 amide bonds. The molecule has 3 aliphatic rings. The number of carbonyl (C=O) groups is 17. The number of phenolic OH excluding ortho intramolecular Hbond substituents is 2. The minimum Gasteiger partial charge on any atom is -0.508 e. The van der Waals surface area contributed by atoms with Gasteiger partial charge in [0, 0.05) is 95.6 Å². The number of para-hydroxylation sites is 1. The number of amides is 15. The summed E-state index contributed by atoms with van der Waals surface area (Å²) in [6, 6.07) is 5.20. The largest absolute Gasteiger partial charge is 0.508 e. The molecule has 0 spiro atoms. The highest BCUT2D eigenvalue weighted by Crippen LogP contribution is 2.29. The maximum absolute atomic E-state index is 15.7. The van der Waals surface area contributed by atoms with Crippen LogP contribution in [0.5, 0.6) is 11.5 Å². The number of rotatable bonds is 24. The molecule has 38 nitrogen and oxygen atoms in total. The summed E-state index contributed by atoms with van der Waals surface area (Å²) in [7, 11) is 3.60. The lowest BCUT2D eigenvalue weighted by Crippen LogP contribution is -2.63. The molecule has 134 heavy (non-hydrogen) atoms. The highest BCUT2D eigenvalue weighted by atomic mass is 32.2. The van der Waals surface area contributed by atoms with Crippen molar-refractivity contribution in [3.8, 4) is 11.5 Å². The molecular weight excluding hydrogens is 1770 g/mol. The summed E-state index contributed by atoms with van der Waals surface area (Å²) >= 11 is 0.624. The maximum Gasteiger partial charge on any atom is 0.305 e. The van der Waals surface area contributed by atoms with Crippen molar-refractivity contribution in [1.82, 2.24) is 77.3 Å². The monoisotopic (exact) mass is 1880 g/mol. The topological polar surface area (TPSA) is 563 Å². The number of aromatic amines is 1. The van der Waals surface area contributed by atoms with E-state index in [2.05, 4.69) is 52.8 Å². The van der Waals surface area contributed by atoms with Crippen LogP contribution in [0.2, 0.25) is 0 Å². The van der Waals surface area contributed by atoms with Gasteiger partial charge in [0.25, 0.3) is 0 Å². The Kier molecular flexibility index (Phi) is 38.2. The minimum atomic E-state index is -1.99. The second-order valence-electron chi connectivity index (χ2n) is 33.9. The van der Waals surface area contributed by atoms with Crippen LogP contribution in [0.15, 0.2) is 121 Å². The Bertz CT molecular complexity index is 5230. The van der Waals surface area contributed by atoms with Gasteiger partial charge < -0.3 is 109 Å². The summed E-state index contributed by atoms with van der Waals surface area (Å²) in [5.41, 5.74) is 13.2. The number of benzene rings is 5. The molecule has 0 unspecified atom stereocenters. The highest BCUT2D eigenvalue weighted by Gasteiger charge is 2.46. The van der Waals surface area contributed by atoms with E-state index in [-0.39, 0.29) is 88.9 Å². The maximum atomic E-state index is 15.7. The van der Waals surface area contributed by atoms with Crippen LogP contribution in [-0.2, 0) is 114 Å². The normalized spacial score (nSPS) is 23.5. The van der Waals surface area contributed by atoms with E-state index in [0.717, 1.165) is 31.5 Å². The number of aromatic hydroxyl groups is 2. The van der Waals surface area contributed by atoms with Gasteiger partial charge in [-0.3, -0.25) is 81.5 Å². The molecule has 722 valence electrons. The number of likely N-dealkylation sites (N-methyl/N-ethyl adjacent to an activating group) is 3. The van der Waals surface area contributed by atoms with Gasteiger partial charge in [-0.15, -0.1) is 11.8 Å². The summed E-state index contributed by atoms with van der Waals surface area (Å²) in [6.45, 7) is 3.37. The van der Waals surface area contributed by atoms with E-state index in [9.17, 15) is 63.2 Å². The highest BCUT2D eigenvalue weighted by molar-refractivity contribution is 8.00. The van der Waals surface area contributed by atoms with Gasteiger partial charge in [-0.05, 0) is 134 Å². The van der Waals surface area contributed by atoms with Gasteiger partial charge >= 0.3 is 11.9 Å². The number of fused-ring (bicyclic) bond motifs is 3. The van der Waals surface area contributed by atoms with E-state index in [1.54, 1.807) is 67.7 Å². The SMILES string of the molecule is CCCC[C@H]1C(=O)N2CCC[C@@H]2C(=O)N[C@@H](CC(=O)O)C(=O)N[C@H](C(C)C)C(=O)N(C)[C@@H](Cc2ccccc2)C(=O)N[C@@H](CCC(=O)O)C(=O)N2CCCC[C@@H]2C(=O)N[C@H](Cc2c[nH]c3ccccc23)C(=O)N[C@@H](Cc2ccc(O)cc2)C(=O)N[C@@H](CCN)C(=O)N[C@H](C(=O)NCC(N)=O)CSCC(=O)N[C@@H](Cc2cc(F)c(F)c(F)c2)C(=O)N(C)[C@@H](Cc2ccc(O)cc2)C(=O)N1C. The van der Waals surface area contributed by atoms with Crippen LogP contribution in [-0.4, -0.2) is 288 Å². The lowest BCUT2D eigenvalue weighted by Gasteiger charge is -2.38. The third-order valence-electron chi connectivity index (χ3n) is 23.8. The first-order chi connectivity index (χ1) is 63.7. The molecule has 0 bridgehead atoms. The Morgan fingerprint density at radius 3 is 1.64 bits per heavy atom. The number of phenols is 2. The van der Waals surface area contributed by atoms with Gasteiger partial charge in [0.05, 0.1) is 18.7 Å². The van der Waals surface area contributed by atoms with E-state index in [1.807, 2.05) is 0 Å². The molecule has 0 aliphatic carbocycles. The van der Waals surface area contributed by atoms with Crippen LogP contribution in [0.1, 0.15) is 126 Å². The Morgan fingerprint density at radius 1 is 0.507 bits per heavy atom. The predicted molar refractivity (Wildman–Crippen MR) is 482 cm³/mol. The number of hydrogen-bond donors (Lipinski definition) is 16. The number of H-pyrrole nitrogens is 1. The third kappa shape index (κ3) is 28.7. The van der Waals surface area contributed by atoms with Gasteiger partial charge in [-0.2, -0.15) is 0 Å². The summed E-state index contributed by atoms with van der Waals surface area (Å²) in [5.74, 6) is -26.4. The number of carboxylic acids is 2. The number of piperidine rings is 1. The molecule has 4 heterocycles. The molecule has 0 saturated carbocycles. The van der Waals surface area contributed by atoms with Crippen LogP contribution in [0.3, 0.4) is 0 Å². The lowest BCUT2D eigenvalue weighted by atomic mass is 9.97. The predicted octanol–water partition coefficient (Wildman–Crippen LogP) is 1.12. The van der Waals surface area contributed by atoms with E-state index in [1.165, 1.54) is 76.5 Å². The summed E-state index contributed by atoms with van der Waals surface area (Å²) in [6.07, 6.45) is -2.32. The lowest BCUT2D eigenvalue weighted by molar-refractivity contribution is -0.152. The minimum absolute atomic E-state index is 0.0659. The smallest absolute Gasteiger partial charge is 0.305 e. The zero-order valence-corrected chi connectivity index (χ0v) is 75.9. The number of primary amides is 1. The van der Waals surface area contributed by atoms with Crippen molar-refractivity contribution < 1.29 is 115 Å². The van der Waals surface area contributed by atoms with Crippen molar-refractivity contribution in [3.63, 3.8) is 0 Å². The fourth-order valence-electron chi connectivity index (χ4n) is 16.4. The molecule has 42 heteroatoms. The molecule has 1 aromatic heterocycles. The van der Waals surface area contributed by atoms with Crippen LogP contribution >= 0.6 is 11.8 Å². The van der Waals surface area contributed by atoms with E-state index < -0.39 is 265 Å². The summed E-state index contributed by atoms with van der Waals surface area (Å²) in [5, 5.41) is 65.0. The number of nitrogens with one attached hydrogen (secondary N) is 10. The first kappa shape index (κ1) is 104. The number of carbonyl (C=O) groups excluding carboxylic acids is 15. The first-order valence-electron chi connectivity index (χ1n) is 44.1. The Morgan fingerprint density at radius 2 is 1.03 bits per heavy atom. The van der Waals surface area contributed by atoms with Crippen molar-refractivity contribution in [3.05, 3.63) is 167 Å². The van der Waals surface area contributed by atoms with Crippen LogP contribution in [0.25, 0.3) is 10.9 Å². The van der Waals surface area contributed by atoms with Gasteiger partial charge in [-0.25, -0.2) is 13.2 Å². The first-order valence-corrected chi connectivity index (χ1v) is 45.3. The molecule has 18 N–H and O–H groups in total. The standard InChI is InChI=1S/C92H116F3N17O21S/c1-7-8-21-71-91(132)112-37-16-23-70(112)86(127)105-66(45-77(119)120)84(125)107-79(50(2)3)92(133)109(5)72(42-51-17-10-9-11-18-51)87(128)102-63(32-33-76(117)118)89(130)111-36-15-14-22-69(111)85(126)104-65(44-55-46-98-61-20-13-12-19-58(55)61)83(124)103-64(40-52-24-28-56(113)29-25-52)82(123)101-62(34-35-96)81(122)106-68(80(121)99-47-74(97)115)48-134-49-75(116)100-67(41-54-38-59(93)78(95)60(94)39-54)88(129)110(6)73(90(131)108(71)4)43-53-26-30-57(114)31-27-53/h9-13,17-20,24-31,38-39,46,50,62-73,79,98,113-114H,7-8,14-16,21-23,32-37,40-45,47-49,96H2,1-6H3,(H2,97,115)(H,99,121)(H,100,116)(H,101,123)(H,102,128)(H,103,124)(H,104,126)(H,105,127)(H,106,122)(H,107,125)(H,117,118)(H,119,120)/t62-,63-,64-,65+,66-,67-,68-,69+,70+,71-,72-,73-,79+/m0/s1. The van der Waals surface area contributed by atoms with Crippen LogP contribution < -0.4 is 59.3 Å². The molecule has 9 rings (SSSR count). The average molecular weight is 1890 g/mol. The quantitative estimate of drug-likeness (QED) is 0.0378. The number of aliphatic carboxylic acids is 2. The molecule has 3 fully saturated rings. The number of hydrogen-bond acceptors (Lipinski definition) is 21. The van der Waals surface area contributed by atoms with Gasteiger partial charge in [0.2, 0.25) is 88.6 Å². The average Bonchev–Trinajstić information content (AvgIpc) is 1.71. The number of nitrogens with zero attached hydrogens (tertiary/aromatic N) is 5. The van der Waals surface area contributed by atoms with Crippen LogP contribution in [0, 0.1) is 23.4 Å². The molecule has 0 radical (unpaired) electrons. The molecule has 3 aliphatic heterocycles. The van der Waals surface area contributed by atoms with Crippen molar-refractivity contribution in [2.24, 2.45) is 17.4 Å². The zero-order chi connectivity index (χ0) is 97.9. The molecular formula is C92H116F3N17O21S. The number of halogens is 3. The zero-order valence-electron chi connectivity index (χ0n) is 75.1.